The Morgan fingerprint density at radius 3 is 2.50 bits per heavy atom. The minimum Gasteiger partial charge on any atom is -0.394 e. The van der Waals surface area contributed by atoms with Gasteiger partial charge in [0.1, 0.15) is 23.7 Å². The number of nitrogens with two attached hydrogens (primary N) is 1. The third kappa shape index (κ3) is 2.39. The van der Waals surface area contributed by atoms with Gasteiger partial charge in [-0.25, -0.2) is 0 Å². The van der Waals surface area contributed by atoms with Crippen molar-refractivity contribution in [3.8, 4) is 0 Å². The van der Waals surface area contributed by atoms with Crippen LogP contribution < -0.4 is 5.73 Å². The zero-order valence-corrected chi connectivity index (χ0v) is 8.85. The Hall–Kier alpha value is 0.150. The smallest absolute Gasteiger partial charge is 0.121 e. The van der Waals surface area contributed by atoms with Gasteiger partial charge in [0.15, 0.2) is 0 Å². The van der Waals surface area contributed by atoms with E-state index in [4.69, 9.17) is 15.6 Å². The average Bonchev–Trinajstić information content (AvgIpc) is 2.19. The number of hydrogen-bond acceptors (Lipinski definition) is 6. The number of thioether (sulfide) groups is 1. The van der Waals surface area contributed by atoms with Crippen LogP contribution in [0.5, 0.6) is 0 Å². The summed E-state index contributed by atoms with van der Waals surface area (Å²) in [5.41, 5.74) is 5.31. The van der Waals surface area contributed by atoms with Gasteiger partial charge < -0.3 is 25.8 Å². The van der Waals surface area contributed by atoms with E-state index in [1.165, 1.54) is 11.8 Å². The normalized spacial score (nSPS) is 43.9. The Morgan fingerprint density at radius 1 is 1.36 bits per heavy atom. The predicted octanol–water partition coefficient (Wildman–Crippen LogP) is -1.49. The molecule has 0 aliphatic carbocycles. The summed E-state index contributed by atoms with van der Waals surface area (Å²) in [6.45, 7) is 1.64. The van der Waals surface area contributed by atoms with Gasteiger partial charge in [0, 0.05) is 0 Å². The first kappa shape index (κ1) is 12.2. The lowest BCUT2D eigenvalue weighted by molar-refractivity contribution is -0.165. The molecule has 14 heavy (non-hydrogen) atoms. The second kappa shape index (κ2) is 5.29. The predicted molar refractivity (Wildman–Crippen MR) is 53.9 cm³/mol. The molecule has 0 bridgehead atoms. The Bertz CT molecular complexity index is 179. The minimum atomic E-state index is -1.11. The molecule has 5 atom stereocenters. The SMILES string of the molecule is CCS[C@@H]1OC(CO)[C@H](O)C(O)C1N. The molecule has 0 spiro atoms. The van der Waals surface area contributed by atoms with Crippen LogP contribution in [-0.2, 0) is 4.74 Å². The van der Waals surface area contributed by atoms with Crippen molar-refractivity contribution in [2.75, 3.05) is 12.4 Å². The molecule has 0 aromatic heterocycles. The summed E-state index contributed by atoms with van der Waals surface area (Å²) in [4.78, 5) is 0. The molecule has 84 valence electrons. The van der Waals surface area contributed by atoms with Crippen molar-refractivity contribution in [3.63, 3.8) is 0 Å². The van der Waals surface area contributed by atoms with Gasteiger partial charge in [-0.3, -0.25) is 0 Å². The van der Waals surface area contributed by atoms with Crippen molar-refractivity contribution in [1.29, 1.82) is 0 Å². The van der Waals surface area contributed by atoms with Crippen molar-refractivity contribution in [2.24, 2.45) is 5.73 Å². The Labute approximate surface area is 87.2 Å². The van der Waals surface area contributed by atoms with Crippen molar-refractivity contribution in [2.45, 2.75) is 36.7 Å². The molecule has 0 aromatic carbocycles. The van der Waals surface area contributed by atoms with E-state index in [-0.39, 0.29) is 12.0 Å². The van der Waals surface area contributed by atoms with E-state index >= 15 is 0 Å². The van der Waals surface area contributed by atoms with Crippen molar-refractivity contribution >= 4 is 11.8 Å². The molecule has 1 aliphatic rings. The number of aliphatic hydroxyl groups excluding tert-OH is 3. The Kier molecular flexibility index (Phi) is 4.62. The van der Waals surface area contributed by atoms with E-state index in [1.54, 1.807) is 0 Å². The Morgan fingerprint density at radius 2 is 2.00 bits per heavy atom. The fourth-order valence-corrected chi connectivity index (χ4v) is 2.35. The van der Waals surface area contributed by atoms with E-state index < -0.39 is 24.4 Å². The second-order valence-corrected chi connectivity index (χ2v) is 4.61. The van der Waals surface area contributed by atoms with Crippen molar-refractivity contribution in [1.82, 2.24) is 0 Å². The van der Waals surface area contributed by atoms with Gasteiger partial charge in [-0.2, -0.15) is 0 Å². The highest BCUT2D eigenvalue weighted by atomic mass is 32.2. The lowest BCUT2D eigenvalue weighted by Gasteiger charge is -2.40. The van der Waals surface area contributed by atoms with Gasteiger partial charge in [0.2, 0.25) is 0 Å². The lowest BCUT2D eigenvalue weighted by atomic mass is 9.99. The third-order valence-corrected chi connectivity index (χ3v) is 3.35. The Balaban J connectivity index is 2.63. The van der Waals surface area contributed by atoms with E-state index in [0.29, 0.717) is 0 Å². The van der Waals surface area contributed by atoms with Crippen LogP contribution in [0, 0.1) is 0 Å². The molecule has 1 fully saturated rings. The molecule has 1 heterocycles. The summed E-state index contributed by atoms with van der Waals surface area (Å²) >= 11 is 1.46. The van der Waals surface area contributed by atoms with Crippen LogP contribution in [0.4, 0.5) is 0 Å². The number of rotatable bonds is 3. The molecule has 1 rings (SSSR count). The topological polar surface area (TPSA) is 95.9 Å². The molecule has 0 radical (unpaired) electrons. The van der Waals surface area contributed by atoms with E-state index in [0.717, 1.165) is 5.75 Å². The largest absolute Gasteiger partial charge is 0.394 e. The van der Waals surface area contributed by atoms with Gasteiger partial charge in [-0.1, -0.05) is 6.92 Å². The summed E-state index contributed by atoms with van der Waals surface area (Å²) < 4.78 is 5.35. The molecule has 0 aromatic rings. The van der Waals surface area contributed by atoms with Crippen LogP contribution in [0.2, 0.25) is 0 Å². The molecule has 3 unspecified atom stereocenters. The van der Waals surface area contributed by atoms with Gasteiger partial charge in [-0.15, -0.1) is 11.8 Å². The van der Waals surface area contributed by atoms with Crippen molar-refractivity contribution < 1.29 is 20.1 Å². The first-order valence-corrected chi connectivity index (χ1v) is 5.66. The molecule has 5 nitrogen and oxygen atoms in total. The van der Waals surface area contributed by atoms with E-state index in [9.17, 15) is 10.2 Å². The van der Waals surface area contributed by atoms with Crippen LogP contribution in [-0.4, -0.2) is 57.5 Å². The second-order valence-electron chi connectivity index (χ2n) is 3.24. The van der Waals surface area contributed by atoms with Gasteiger partial charge in [0.05, 0.1) is 12.6 Å². The summed E-state index contributed by atoms with van der Waals surface area (Å²) in [5, 5.41) is 27.9. The fourth-order valence-electron chi connectivity index (χ4n) is 1.42. The van der Waals surface area contributed by atoms with Gasteiger partial charge in [0.25, 0.3) is 0 Å². The van der Waals surface area contributed by atoms with Crippen LogP contribution >= 0.6 is 11.8 Å². The first-order valence-electron chi connectivity index (χ1n) is 4.61. The zero-order valence-electron chi connectivity index (χ0n) is 8.04. The molecule has 0 saturated carbocycles. The summed E-state index contributed by atoms with van der Waals surface area (Å²) in [6, 6.07) is -0.613. The molecular weight excluding hydrogens is 206 g/mol. The first-order chi connectivity index (χ1) is 6.61. The quantitative estimate of drug-likeness (QED) is 0.465. The summed E-state index contributed by atoms with van der Waals surface area (Å²) in [7, 11) is 0. The molecule has 1 aliphatic heterocycles. The lowest BCUT2D eigenvalue weighted by Crippen LogP contribution is -2.60. The molecule has 0 amide bonds. The maximum atomic E-state index is 9.57. The fraction of sp³-hybridized carbons (Fsp3) is 1.00. The van der Waals surface area contributed by atoms with Crippen LogP contribution in [0.15, 0.2) is 0 Å². The molecular formula is C8H17NO4S. The minimum absolute atomic E-state index is 0.314. The average molecular weight is 223 g/mol. The number of ether oxygens (including phenoxy) is 1. The highest BCUT2D eigenvalue weighted by Gasteiger charge is 2.42. The third-order valence-electron chi connectivity index (χ3n) is 2.26. The van der Waals surface area contributed by atoms with Crippen LogP contribution in [0.3, 0.4) is 0 Å². The van der Waals surface area contributed by atoms with E-state index in [2.05, 4.69) is 0 Å². The number of hydrogen-bond donors (Lipinski definition) is 4. The summed E-state index contributed by atoms with van der Waals surface area (Å²) in [5.74, 6) is 0.805. The standard InChI is InChI=1S/C8H17NO4S/c1-2-14-8-5(9)7(12)6(11)4(3-10)13-8/h4-8,10-12H,2-3,9H2,1H3/t4?,5?,6-,7?,8-/m0/s1. The summed E-state index contributed by atoms with van der Waals surface area (Å²) in [6.07, 6.45) is -2.89. The van der Waals surface area contributed by atoms with Crippen LogP contribution in [0.1, 0.15) is 6.92 Å². The van der Waals surface area contributed by atoms with Crippen LogP contribution in [0.25, 0.3) is 0 Å². The maximum absolute atomic E-state index is 9.57. The maximum Gasteiger partial charge on any atom is 0.121 e. The van der Waals surface area contributed by atoms with Gasteiger partial charge in [-0.05, 0) is 5.75 Å². The highest BCUT2D eigenvalue weighted by Crippen LogP contribution is 2.26. The number of aliphatic hydroxyl groups is 3. The van der Waals surface area contributed by atoms with Crippen molar-refractivity contribution in [3.05, 3.63) is 0 Å². The van der Waals surface area contributed by atoms with Gasteiger partial charge >= 0.3 is 0 Å². The monoisotopic (exact) mass is 223 g/mol. The molecule has 5 N–H and O–H groups in total. The molecule has 1 saturated heterocycles. The van der Waals surface area contributed by atoms with E-state index in [1.807, 2.05) is 6.92 Å². The zero-order chi connectivity index (χ0) is 10.7. The highest BCUT2D eigenvalue weighted by molar-refractivity contribution is 7.99. The molecule has 6 heteroatoms.